The summed E-state index contributed by atoms with van der Waals surface area (Å²) in [5.41, 5.74) is 0.313. The van der Waals surface area contributed by atoms with Crippen molar-refractivity contribution in [3.8, 4) is 0 Å². The molecule has 1 aromatic carbocycles. The van der Waals surface area contributed by atoms with Crippen LogP contribution in [0.4, 0.5) is 4.39 Å². The van der Waals surface area contributed by atoms with Crippen LogP contribution in [0.2, 0.25) is 0 Å². The second kappa shape index (κ2) is 6.68. The fourth-order valence-corrected chi connectivity index (χ4v) is 2.47. The van der Waals surface area contributed by atoms with E-state index in [9.17, 15) is 14.0 Å². The minimum atomic E-state index is -0.665. The molecule has 25 heavy (non-hydrogen) atoms. The van der Waals surface area contributed by atoms with Crippen LogP contribution in [-0.2, 0) is 14.1 Å². The number of rotatable bonds is 4. The maximum absolute atomic E-state index is 13.6. The molecule has 0 spiro atoms. The van der Waals surface area contributed by atoms with E-state index >= 15 is 0 Å². The fourth-order valence-electron chi connectivity index (χ4n) is 2.47. The number of nitrogens with one attached hydrogen (secondary N) is 1. The van der Waals surface area contributed by atoms with E-state index in [0.29, 0.717) is 11.4 Å². The number of halogens is 1. The van der Waals surface area contributed by atoms with Crippen molar-refractivity contribution in [3.05, 3.63) is 82.0 Å². The Morgan fingerprint density at radius 3 is 2.68 bits per heavy atom. The minimum absolute atomic E-state index is 0.0812. The second-order valence-corrected chi connectivity index (χ2v) is 5.54. The Bertz CT molecular complexity index is 979. The van der Waals surface area contributed by atoms with Gasteiger partial charge in [0, 0.05) is 32.6 Å². The molecule has 0 saturated heterocycles. The minimum Gasteiger partial charge on any atom is -0.337 e. The lowest BCUT2D eigenvalue weighted by atomic mass is 10.1. The van der Waals surface area contributed by atoms with Crippen LogP contribution in [0.5, 0.6) is 0 Å². The van der Waals surface area contributed by atoms with Crippen LogP contribution in [0, 0.1) is 5.82 Å². The van der Waals surface area contributed by atoms with Gasteiger partial charge in [-0.05, 0) is 23.8 Å². The molecule has 1 N–H and O–H groups in total. The van der Waals surface area contributed by atoms with Gasteiger partial charge in [0.1, 0.15) is 23.4 Å². The summed E-state index contributed by atoms with van der Waals surface area (Å²) in [6.07, 6.45) is 3.33. The molecule has 0 radical (unpaired) electrons. The largest absolute Gasteiger partial charge is 0.337 e. The predicted octanol–water partition coefficient (Wildman–Crippen LogP) is 1.17. The molecule has 2 aromatic heterocycles. The van der Waals surface area contributed by atoms with Gasteiger partial charge in [-0.25, -0.2) is 14.1 Å². The van der Waals surface area contributed by atoms with Gasteiger partial charge in [0.05, 0.1) is 0 Å². The van der Waals surface area contributed by atoms with Crippen molar-refractivity contribution in [1.29, 1.82) is 0 Å². The Kier molecular flexibility index (Phi) is 4.42. The number of benzene rings is 1. The van der Waals surface area contributed by atoms with Crippen LogP contribution >= 0.6 is 0 Å². The quantitative estimate of drug-likeness (QED) is 0.772. The van der Waals surface area contributed by atoms with Gasteiger partial charge in [-0.15, -0.1) is 0 Å². The Labute approximate surface area is 142 Å². The van der Waals surface area contributed by atoms with Crippen molar-refractivity contribution in [2.45, 2.75) is 6.04 Å². The summed E-state index contributed by atoms with van der Waals surface area (Å²) in [6.45, 7) is 0. The molecule has 0 aliphatic carbocycles. The lowest BCUT2D eigenvalue weighted by Gasteiger charge is -2.19. The summed E-state index contributed by atoms with van der Waals surface area (Å²) in [4.78, 5) is 28.2. The molecule has 1 atom stereocenters. The SMILES string of the molecule is Cn1ccnc1C(NC(=O)c1ccc(=O)n(C)n1)c1cccc(F)c1. The van der Waals surface area contributed by atoms with E-state index in [1.165, 1.54) is 31.3 Å². The lowest BCUT2D eigenvalue weighted by Crippen LogP contribution is -2.33. The monoisotopic (exact) mass is 341 g/mol. The molecule has 3 aromatic rings. The molecular formula is C17H16FN5O2. The van der Waals surface area contributed by atoms with E-state index in [2.05, 4.69) is 15.4 Å². The summed E-state index contributed by atoms with van der Waals surface area (Å²) in [5, 5.41) is 6.73. The summed E-state index contributed by atoms with van der Waals surface area (Å²) in [7, 11) is 3.24. The highest BCUT2D eigenvalue weighted by atomic mass is 19.1. The first kappa shape index (κ1) is 16.6. The zero-order valence-corrected chi connectivity index (χ0v) is 13.7. The van der Waals surface area contributed by atoms with Gasteiger partial charge in [0.2, 0.25) is 0 Å². The van der Waals surface area contributed by atoms with Crippen LogP contribution in [0.25, 0.3) is 0 Å². The van der Waals surface area contributed by atoms with Gasteiger partial charge in [-0.2, -0.15) is 5.10 Å². The van der Waals surface area contributed by atoms with Gasteiger partial charge >= 0.3 is 0 Å². The van der Waals surface area contributed by atoms with Gasteiger partial charge in [0.15, 0.2) is 0 Å². The highest BCUT2D eigenvalue weighted by Gasteiger charge is 2.22. The molecule has 7 nitrogen and oxygen atoms in total. The summed E-state index contributed by atoms with van der Waals surface area (Å²) in [5.74, 6) is -0.358. The lowest BCUT2D eigenvalue weighted by molar-refractivity contribution is 0.0933. The van der Waals surface area contributed by atoms with E-state index in [4.69, 9.17) is 0 Å². The third-order valence-corrected chi connectivity index (χ3v) is 3.77. The van der Waals surface area contributed by atoms with Gasteiger partial charge < -0.3 is 9.88 Å². The zero-order valence-electron chi connectivity index (χ0n) is 13.7. The molecule has 0 saturated carbocycles. The topological polar surface area (TPSA) is 81.8 Å². The van der Waals surface area contributed by atoms with Crippen molar-refractivity contribution >= 4 is 5.91 Å². The molecule has 3 rings (SSSR count). The first-order chi connectivity index (χ1) is 12.0. The molecule has 0 fully saturated rings. The molecule has 8 heteroatoms. The number of imidazole rings is 1. The van der Waals surface area contributed by atoms with Gasteiger partial charge in [0.25, 0.3) is 11.5 Å². The smallest absolute Gasteiger partial charge is 0.272 e. The van der Waals surface area contributed by atoms with Crippen molar-refractivity contribution in [2.75, 3.05) is 0 Å². The van der Waals surface area contributed by atoms with Crippen molar-refractivity contribution in [1.82, 2.24) is 24.6 Å². The second-order valence-electron chi connectivity index (χ2n) is 5.54. The Morgan fingerprint density at radius 2 is 2.04 bits per heavy atom. The van der Waals surface area contributed by atoms with Crippen LogP contribution in [0.15, 0.2) is 53.6 Å². The molecule has 0 bridgehead atoms. The normalized spacial score (nSPS) is 12.0. The zero-order chi connectivity index (χ0) is 18.0. The van der Waals surface area contributed by atoms with E-state index in [1.807, 2.05) is 0 Å². The third kappa shape index (κ3) is 3.47. The predicted molar refractivity (Wildman–Crippen MR) is 88.4 cm³/mol. The molecule has 1 amide bonds. The molecule has 128 valence electrons. The maximum Gasteiger partial charge on any atom is 0.272 e. The van der Waals surface area contributed by atoms with E-state index in [1.54, 1.807) is 36.1 Å². The third-order valence-electron chi connectivity index (χ3n) is 3.77. The summed E-state index contributed by atoms with van der Waals surface area (Å²) < 4.78 is 16.5. The van der Waals surface area contributed by atoms with Crippen LogP contribution < -0.4 is 10.9 Å². The Hall–Kier alpha value is -3.29. The molecule has 1 unspecified atom stereocenters. The number of carbonyl (C=O) groups excluding carboxylic acids is 1. The average Bonchev–Trinajstić information content (AvgIpc) is 3.00. The first-order valence-corrected chi connectivity index (χ1v) is 7.53. The van der Waals surface area contributed by atoms with E-state index < -0.39 is 17.8 Å². The molecule has 0 aliphatic heterocycles. The average molecular weight is 341 g/mol. The fraction of sp³-hybridized carbons (Fsp3) is 0.176. The van der Waals surface area contributed by atoms with Crippen LogP contribution in [-0.4, -0.2) is 25.2 Å². The standard InChI is InChI=1S/C17H16FN5O2/c1-22-9-8-19-16(22)15(11-4-3-5-12(18)10-11)20-17(25)13-6-7-14(24)23(2)21-13/h3-10,15H,1-2H3,(H,20,25). The summed E-state index contributed by atoms with van der Waals surface area (Å²) in [6, 6.07) is 7.89. The maximum atomic E-state index is 13.6. The first-order valence-electron chi connectivity index (χ1n) is 7.53. The van der Waals surface area contributed by atoms with Gasteiger partial charge in [-0.3, -0.25) is 9.59 Å². The van der Waals surface area contributed by atoms with Crippen molar-refractivity contribution < 1.29 is 9.18 Å². The number of carbonyl (C=O) groups is 1. The van der Waals surface area contributed by atoms with Crippen molar-refractivity contribution in [3.63, 3.8) is 0 Å². The highest BCUT2D eigenvalue weighted by Crippen LogP contribution is 2.21. The summed E-state index contributed by atoms with van der Waals surface area (Å²) >= 11 is 0. The number of nitrogens with zero attached hydrogens (tertiary/aromatic N) is 4. The van der Waals surface area contributed by atoms with Crippen LogP contribution in [0.3, 0.4) is 0 Å². The molecule has 0 aliphatic rings. The van der Waals surface area contributed by atoms with E-state index in [-0.39, 0.29) is 11.3 Å². The number of aromatic nitrogens is 4. The number of hydrogen-bond acceptors (Lipinski definition) is 4. The van der Waals surface area contributed by atoms with E-state index in [0.717, 1.165) is 4.68 Å². The number of amides is 1. The number of aryl methyl sites for hydroxylation is 2. The molecular weight excluding hydrogens is 325 g/mol. The van der Waals surface area contributed by atoms with Crippen molar-refractivity contribution in [2.24, 2.45) is 14.1 Å². The Balaban J connectivity index is 1.97. The molecule has 2 heterocycles. The van der Waals surface area contributed by atoms with Crippen LogP contribution in [0.1, 0.15) is 27.9 Å². The van der Waals surface area contributed by atoms with Gasteiger partial charge in [-0.1, -0.05) is 12.1 Å². The highest BCUT2D eigenvalue weighted by molar-refractivity contribution is 5.92. The Morgan fingerprint density at radius 1 is 1.24 bits per heavy atom. The number of hydrogen-bond donors (Lipinski definition) is 1.